The molecule has 1 aliphatic carbocycles. The van der Waals surface area contributed by atoms with E-state index < -0.39 is 5.41 Å². The van der Waals surface area contributed by atoms with Crippen molar-refractivity contribution in [3.63, 3.8) is 0 Å². The standard InChI is InChI=1S/C49H32/c1-3-16-38(17-4-1)49(39-18-5-2-6-19-39)47-32-37(26-27-45(47)46-28-25-34-14-9-10-20-42(34)48(46)49)41-30-29-40(43-21-11-12-22-44(41)43)36-24-23-33-13-7-8-15-35(33)31-36/h1-32H. The number of benzene rings is 9. The fraction of sp³-hybridized carbons (Fsp3) is 0.0204. The zero-order chi connectivity index (χ0) is 32.4. The lowest BCUT2D eigenvalue weighted by Gasteiger charge is -2.35. The van der Waals surface area contributed by atoms with Crippen LogP contribution in [0.1, 0.15) is 22.3 Å². The Kier molecular flexibility index (Phi) is 6.19. The molecular weight excluding hydrogens is 589 g/mol. The molecule has 0 amide bonds. The summed E-state index contributed by atoms with van der Waals surface area (Å²) in [4.78, 5) is 0. The molecule has 10 rings (SSSR count). The van der Waals surface area contributed by atoms with Gasteiger partial charge in [0.25, 0.3) is 0 Å². The second kappa shape index (κ2) is 10.9. The monoisotopic (exact) mass is 620 g/mol. The van der Waals surface area contributed by atoms with Crippen LogP contribution in [0.5, 0.6) is 0 Å². The Labute approximate surface area is 286 Å². The van der Waals surface area contributed by atoms with E-state index in [1.807, 2.05) is 0 Å². The quantitative estimate of drug-likeness (QED) is 0.184. The molecule has 0 heteroatoms. The third kappa shape index (κ3) is 4.11. The minimum atomic E-state index is -0.481. The highest BCUT2D eigenvalue weighted by molar-refractivity contribution is 6.07. The first kappa shape index (κ1) is 27.8. The maximum atomic E-state index is 2.49. The normalized spacial score (nSPS) is 13.1. The van der Waals surface area contributed by atoms with Gasteiger partial charge in [0.15, 0.2) is 0 Å². The van der Waals surface area contributed by atoms with Crippen LogP contribution in [-0.2, 0) is 5.41 Å². The smallest absolute Gasteiger partial charge is 0.0622 e. The number of hydrogen-bond acceptors (Lipinski definition) is 0. The molecule has 0 nitrogen and oxygen atoms in total. The molecule has 0 bridgehead atoms. The lowest BCUT2D eigenvalue weighted by Crippen LogP contribution is -2.28. The Morgan fingerprint density at radius 3 is 1.43 bits per heavy atom. The van der Waals surface area contributed by atoms with Crippen molar-refractivity contribution in [1.29, 1.82) is 0 Å². The molecule has 0 atom stereocenters. The SMILES string of the molecule is c1ccc(C2(c3ccccc3)c3cc(-c4ccc(-c5ccc6ccccc6c5)c5ccccc45)ccc3-c3ccc4ccccc4c32)cc1. The van der Waals surface area contributed by atoms with Crippen LogP contribution < -0.4 is 0 Å². The summed E-state index contributed by atoms with van der Waals surface area (Å²) in [6, 6.07) is 71.9. The summed E-state index contributed by atoms with van der Waals surface area (Å²) < 4.78 is 0. The average Bonchev–Trinajstić information content (AvgIpc) is 3.49. The average molecular weight is 621 g/mol. The molecule has 9 aromatic rings. The summed E-state index contributed by atoms with van der Waals surface area (Å²) in [5, 5.41) is 7.62. The Hall–Kier alpha value is -6.24. The summed E-state index contributed by atoms with van der Waals surface area (Å²) in [6.45, 7) is 0. The Morgan fingerprint density at radius 1 is 0.286 bits per heavy atom. The lowest BCUT2D eigenvalue weighted by atomic mass is 9.66. The van der Waals surface area contributed by atoms with Gasteiger partial charge >= 0.3 is 0 Å². The van der Waals surface area contributed by atoms with Crippen molar-refractivity contribution in [2.24, 2.45) is 0 Å². The fourth-order valence-corrected chi connectivity index (χ4v) is 8.59. The summed E-state index contributed by atoms with van der Waals surface area (Å²) in [6.07, 6.45) is 0. The zero-order valence-electron chi connectivity index (χ0n) is 27.0. The molecule has 0 aliphatic heterocycles. The summed E-state index contributed by atoms with van der Waals surface area (Å²) in [5.74, 6) is 0. The van der Waals surface area contributed by atoms with Gasteiger partial charge in [0.05, 0.1) is 5.41 Å². The summed E-state index contributed by atoms with van der Waals surface area (Å²) in [7, 11) is 0. The molecule has 228 valence electrons. The van der Waals surface area contributed by atoms with Gasteiger partial charge in [-0.05, 0) is 100 Å². The van der Waals surface area contributed by atoms with Crippen molar-refractivity contribution >= 4 is 32.3 Å². The van der Waals surface area contributed by atoms with E-state index in [1.54, 1.807) is 0 Å². The van der Waals surface area contributed by atoms with E-state index in [4.69, 9.17) is 0 Å². The zero-order valence-corrected chi connectivity index (χ0v) is 27.0. The summed E-state index contributed by atoms with van der Waals surface area (Å²) >= 11 is 0. The van der Waals surface area contributed by atoms with Gasteiger partial charge in [-0.1, -0.05) is 182 Å². The van der Waals surface area contributed by atoms with Crippen LogP contribution in [0.15, 0.2) is 194 Å². The van der Waals surface area contributed by atoms with Gasteiger partial charge in [-0.2, -0.15) is 0 Å². The second-order valence-electron chi connectivity index (χ2n) is 13.2. The highest BCUT2D eigenvalue weighted by Crippen LogP contribution is 2.58. The van der Waals surface area contributed by atoms with E-state index in [9.17, 15) is 0 Å². The summed E-state index contributed by atoms with van der Waals surface area (Å²) in [5.41, 5.74) is 12.4. The first-order valence-electron chi connectivity index (χ1n) is 17.1. The van der Waals surface area contributed by atoms with E-state index in [1.165, 1.54) is 88.0 Å². The third-order valence-electron chi connectivity index (χ3n) is 10.7. The number of fused-ring (bicyclic) bond motifs is 7. The fourth-order valence-electron chi connectivity index (χ4n) is 8.59. The highest BCUT2D eigenvalue weighted by atomic mass is 14.5. The van der Waals surface area contributed by atoms with Gasteiger partial charge in [-0.3, -0.25) is 0 Å². The molecular formula is C49H32. The molecule has 0 N–H and O–H groups in total. The lowest BCUT2D eigenvalue weighted by molar-refractivity contribution is 0.776. The highest BCUT2D eigenvalue weighted by Gasteiger charge is 2.47. The molecule has 0 fully saturated rings. The number of rotatable bonds is 4. The largest absolute Gasteiger partial charge is 0.0719 e. The van der Waals surface area contributed by atoms with Gasteiger partial charge in [0.2, 0.25) is 0 Å². The van der Waals surface area contributed by atoms with Crippen molar-refractivity contribution in [3.05, 3.63) is 216 Å². The van der Waals surface area contributed by atoms with E-state index in [-0.39, 0.29) is 0 Å². The molecule has 1 aliphatic rings. The van der Waals surface area contributed by atoms with Crippen LogP contribution in [0, 0.1) is 0 Å². The van der Waals surface area contributed by atoms with Crippen molar-refractivity contribution in [2.45, 2.75) is 5.41 Å². The van der Waals surface area contributed by atoms with Gasteiger partial charge in [-0.25, -0.2) is 0 Å². The molecule has 49 heavy (non-hydrogen) atoms. The number of hydrogen-bond donors (Lipinski definition) is 0. The Balaban J connectivity index is 1.25. The first-order chi connectivity index (χ1) is 24.3. The van der Waals surface area contributed by atoms with Gasteiger partial charge in [0.1, 0.15) is 0 Å². The van der Waals surface area contributed by atoms with E-state index in [2.05, 4.69) is 194 Å². The molecule has 0 radical (unpaired) electrons. The molecule has 0 aromatic heterocycles. The van der Waals surface area contributed by atoms with Crippen molar-refractivity contribution < 1.29 is 0 Å². The van der Waals surface area contributed by atoms with Gasteiger partial charge < -0.3 is 0 Å². The topological polar surface area (TPSA) is 0 Å². The second-order valence-corrected chi connectivity index (χ2v) is 13.2. The predicted molar refractivity (Wildman–Crippen MR) is 207 cm³/mol. The van der Waals surface area contributed by atoms with Crippen LogP contribution in [0.25, 0.3) is 65.7 Å². The molecule has 0 saturated heterocycles. The maximum absolute atomic E-state index is 2.49. The van der Waals surface area contributed by atoms with Gasteiger partial charge in [0, 0.05) is 0 Å². The van der Waals surface area contributed by atoms with Gasteiger partial charge in [-0.15, -0.1) is 0 Å². The van der Waals surface area contributed by atoms with Crippen LogP contribution in [-0.4, -0.2) is 0 Å². The molecule has 9 aromatic carbocycles. The minimum Gasteiger partial charge on any atom is -0.0622 e. The van der Waals surface area contributed by atoms with Crippen LogP contribution in [0.2, 0.25) is 0 Å². The molecule has 0 spiro atoms. The molecule has 0 unspecified atom stereocenters. The van der Waals surface area contributed by atoms with Crippen LogP contribution in [0.3, 0.4) is 0 Å². The third-order valence-corrected chi connectivity index (χ3v) is 10.7. The van der Waals surface area contributed by atoms with E-state index in [0.29, 0.717) is 0 Å². The Morgan fingerprint density at radius 2 is 0.755 bits per heavy atom. The first-order valence-corrected chi connectivity index (χ1v) is 17.1. The van der Waals surface area contributed by atoms with Crippen molar-refractivity contribution in [1.82, 2.24) is 0 Å². The molecule has 0 heterocycles. The van der Waals surface area contributed by atoms with Crippen molar-refractivity contribution in [3.8, 4) is 33.4 Å². The van der Waals surface area contributed by atoms with E-state index >= 15 is 0 Å². The van der Waals surface area contributed by atoms with Crippen molar-refractivity contribution in [2.75, 3.05) is 0 Å². The van der Waals surface area contributed by atoms with E-state index in [0.717, 1.165) is 0 Å². The minimum absolute atomic E-state index is 0.481. The maximum Gasteiger partial charge on any atom is 0.0719 e. The molecule has 0 saturated carbocycles. The predicted octanol–water partition coefficient (Wildman–Crippen LogP) is 12.8. The van der Waals surface area contributed by atoms with Crippen LogP contribution >= 0.6 is 0 Å². The Bertz CT molecular complexity index is 2660. The van der Waals surface area contributed by atoms with Crippen LogP contribution in [0.4, 0.5) is 0 Å².